The second-order valence-electron chi connectivity index (χ2n) is 3.65. The number of pyridine rings is 1. The maximum atomic E-state index is 5.82. The normalized spacial score (nSPS) is 10.2. The Morgan fingerprint density at radius 2 is 2.00 bits per heavy atom. The first-order valence-electron chi connectivity index (χ1n) is 5.29. The van der Waals surface area contributed by atoms with Crippen LogP contribution in [0.15, 0.2) is 42.7 Å². The predicted octanol–water partition coefficient (Wildman–Crippen LogP) is 2.77. The molecule has 2 rings (SSSR count). The molecule has 0 unspecified atom stereocenters. The fourth-order valence-corrected chi connectivity index (χ4v) is 1.65. The predicted molar refractivity (Wildman–Crippen MR) is 67.9 cm³/mol. The van der Waals surface area contributed by atoms with Gasteiger partial charge in [-0.2, -0.15) is 0 Å². The molecule has 0 amide bonds. The van der Waals surface area contributed by atoms with Crippen molar-refractivity contribution in [2.24, 2.45) is 5.73 Å². The molecule has 0 fully saturated rings. The number of hydrogen-bond donors (Lipinski definition) is 1. The molecule has 0 atom stereocenters. The Morgan fingerprint density at radius 3 is 2.76 bits per heavy atom. The fourth-order valence-electron chi connectivity index (χ4n) is 1.48. The third-order valence-electron chi connectivity index (χ3n) is 2.31. The molecule has 0 saturated heterocycles. The fraction of sp³-hybridized carbons (Fsp3) is 0.154. The Morgan fingerprint density at radius 1 is 1.18 bits per heavy atom. The zero-order valence-corrected chi connectivity index (χ0v) is 10.0. The van der Waals surface area contributed by atoms with Gasteiger partial charge in [-0.1, -0.05) is 35.9 Å². The van der Waals surface area contributed by atoms with Gasteiger partial charge >= 0.3 is 0 Å². The summed E-state index contributed by atoms with van der Waals surface area (Å²) in [4.78, 5) is 3.95. The van der Waals surface area contributed by atoms with Gasteiger partial charge in [0.1, 0.15) is 12.4 Å². The molecular formula is C13H13ClN2O. The van der Waals surface area contributed by atoms with Crippen molar-refractivity contribution in [3.8, 4) is 5.75 Å². The molecule has 3 nitrogen and oxygen atoms in total. The number of nitrogens with zero attached hydrogens (tertiary/aromatic N) is 1. The minimum absolute atomic E-state index is 0.482. The lowest BCUT2D eigenvalue weighted by atomic mass is 10.1. The summed E-state index contributed by atoms with van der Waals surface area (Å²) in [6.45, 7) is 1.02. The highest BCUT2D eigenvalue weighted by Crippen LogP contribution is 2.16. The Labute approximate surface area is 105 Å². The quantitative estimate of drug-likeness (QED) is 0.905. The second kappa shape index (κ2) is 5.66. The van der Waals surface area contributed by atoms with E-state index < -0.39 is 0 Å². The average molecular weight is 249 g/mol. The molecule has 17 heavy (non-hydrogen) atoms. The molecule has 0 saturated carbocycles. The van der Waals surface area contributed by atoms with Crippen LogP contribution in [0, 0.1) is 0 Å². The molecule has 0 aliphatic rings. The van der Waals surface area contributed by atoms with Crippen molar-refractivity contribution in [3.63, 3.8) is 0 Å². The largest absolute Gasteiger partial charge is 0.487 e. The van der Waals surface area contributed by atoms with Crippen LogP contribution in [0.5, 0.6) is 5.75 Å². The van der Waals surface area contributed by atoms with Crippen molar-refractivity contribution >= 4 is 11.6 Å². The standard InChI is InChI=1S/C13H13ClN2O/c14-12-5-13(8-16-7-12)17-9-11-3-1-2-10(4-11)6-15/h1-5,7-8H,6,9,15H2. The van der Waals surface area contributed by atoms with Crippen LogP contribution in [-0.4, -0.2) is 4.98 Å². The number of rotatable bonds is 4. The van der Waals surface area contributed by atoms with Gasteiger partial charge in [-0.3, -0.25) is 4.98 Å². The van der Waals surface area contributed by atoms with Gasteiger partial charge < -0.3 is 10.5 Å². The van der Waals surface area contributed by atoms with Crippen molar-refractivity contribution < 1.29 is 4.74 Å². The van der Waals surface area contributed by atoms with Crippen molar-refractivity contribution in [1.82, 2.24) is 4.98 Å². The van der Waals surface area contributed by atoms with E-state index >= 15 is 0 Å². The molecule has 1 aromatic heterocycles. The van der Waals surface area contributed by atoms with Gasteiger partial charge in [0.15, 0.2) is 0 Å². The van der Waals surface area contributed by atoms with Crippen LogP contribution in [-0.2, 0) is 13.2 Å². The first kappa shape index (κ1) is 11.9. The Bertz CT molecular complexity index is 502. The lowest BCUT2D eigenvalue weighted by Gasteiger charge is -2.07. The molecule has 0 aliphatic heterocycles. The third-order valence-corrected chi connectivity index (χ3v) is 2.52. The average Bonchev–Trinajstić information content (AvgIpc) is 2.37. The monoisotopic (exact) mass is 248 g/mol. The molecule has 2 N–H and O–H groups in total. The van der Waals surface area contributed by atoms with Crippen LogP contribution in [0.25, 0.3) is 0 Å². The summed E-state index contributed by atoms with van der Waals surface area (Å²) in [5.41, 5.74) is 7.75. The first-order chi connectivity index (χ1) is 8.28. The van der Waals surface area contributed by atoms with Crippen molar-refractivity contribution in [3.05, 3.63) is 58.9 Å². The van der Waals surface area contributed by atoms with E-state index in [9.17, 15) is 0 Å². The zero-order chi connectivity index (χ0) is 12.1. The van der Waals surface area contributed by atoms with Gasteiger partial charge in [-0.15, -0.1) is 0 Å². The number of halogens is 1. The van der Waals surface area contributed by atoms with Crippen LogP contribution in [0.3, 0.4) is 0 Å². The molecular weight excluding hydrogens is 236 g/mol. The summed E-state index contributed by atoms with van der Waals surface area (Å²) in [6, 6.07) is 9.72. The lowest BCUT2D eigenvalue weighted by Crippen LogP contribution is -2.00. The van der Waals surface area contributed by atoms with Crippen LogP contribution in [0.2, 0.25) is 5.02 Å². The Balaban J connectivity index is 2.02. The molecule has 4 heteroatoms. The van der Waals surface area contributed by atoms with Gasteiger partial charge in [-0.25, -0.2) is 0 Å². The van der Waals surface area contributed by atoms with Gasteiger partial charge in [-0.05, 0) is 11.1 Å². The lowest BCUT2D eigenvalue weighted by molar-refractivity contribution is 0.305. The minimum Gasteiger partial charge on any atom is -0.487 e. The van der Waals surface area contributed by atoms with E-state index in [2.05, 4.69) is 4.98 Å². The molecule has 88 valence electrons. The molecule has 0 radical (unpaired) electrons. The van der Waals surface area contributed by atoms with Crippen LogP contribution >= 0.6 is 11.6 Å². The topological polar surface area (TPSA) is 48.1 Å². The summed E-state index contributed by atoms with van der Waals surface area (Å²) in [6.07, 6.45) is 3.21. The van der Waals surface area contributed by atoms with E-state index in [4.69, 9.17) is 22.1 Å². The summed E-state index contributed by atoms with van der Waals surface area (Å²) >= 11 is 5.82. The highest BCUT2D eigenvalue weighted by Gasteiger charge is 1.98. The van der Waals surface area contributed by atoms with Gasteiger partial charge in [0.05, 0.1) is 11.2 Å². The molecule has 1 heterocycles. The molecule has 0 bridgehead atoms. The number of nitrogens with two attached hydrogens (primary N) is 1. The highest BCUT2D eigenvalue weighted by atomic mass is 35.5. The van der Waals surface area contributed by atoms with E-state index in [1.807, 2.05) is 24.3 Å². The maximum absolute atomic E-state index is 5.82. The summed E-state index contributed by atoms with van der Waals surface area (Å²) in [5.74, 6) is 0.663. The van der Waals surface area contributed by atoms with Gasteiger partial charge in [0, 0.05) is 18.8 Å². The number of ether oxygens (including phenoxy) is 1. The van der Waals surface area contributed by atoms with Gasteiger partial charge in [0.2, 0.25) is 0 Å². The zero-order valence-electron chi connectivity index (χ0n) is 9.27. The van der Waals surface area contributed by atoms with Crippen molar-refractivity contribution in [2.75, 3.05) is 0 Å². The molecule has 2 aromatic rings. The van der Waals surface area contributed by atoms with Crippen LogP contribution < -0.4 is 10.5 Å². The first-order valence-corrected chi connectivity index (χ1v) is 5.67. The molecule has 1 aromatic carbocycles. The van der Waals surface area contributed by atoms with Crippen molar-refractivity contribution in [2.45, 2.75) is 13.2 Å². The summed E-state index contributed by atoms with van der Waals surface area (Å²) in [7, 11) is 0. The third kappa shape index (κ3) is 3.44. The maximum Gasteiger partial charge on any atom is 0.139 e. The molecule has 0 aliphatic carbocycles. The Hall–Kier alpha value is -1.58. The Kier molecular flexibility index (Phi) is 3.96. The van der Waals surface area contributed by atoms with E-state index in [-0.39, 0.29) is 0 Å². The molecule has 0 spiro atoms. The van der Waals surface area contributed by atoms with Gasteiger partial charge in [0.25, 0.3) is 0 Å². The highest BCUT2D eigenvalue weighted by molar-refractivity contribution is 6.30. The number of hydrogen-bond acceptors (Lipinski definition) is 3. The minimum atomic E-state index is 0.482. The second-order valence-corrected chi connectivity index (χ2v) is 4.09. The van der Waals surface area contributed by atoms with Crippen LogP contribution in [0.4, 0.5) is 0 Å². The van der Waals surface area contributed by atoms with E-state index in [0.29, 0.717) is 23.9 Å². The van der Waals surface area contributed by atoms with E-state index in [1.165, 1.54) is 0 Å². The summed E-state index contributed by atoms with van der Waals surface area (Å²) < 4.78 is 5.58. The SMILES string of the molecule is NCc1cccc(COc2cncc(Cl)c2)c1. The van der Waals surface area contributed by atoms with Crippen molar-refractivity contribution in [1.29, 1.82) is 0 Å². The number of benzene rings is 1. The summed E-state index contributed by atoms with van der Waals surface area (Å²) in [5, 5.41) is 0.568. The van der Waals surface area contributed by atoms with E-state index in [0.717, 1.165) is 11.1 Å². The smallest absolute Gasteiger partial charge is 0.139 e. The van der Waals surface area contributed by atoms with E-state index in [1.54, 1.807) is 18.5 Å². The van der Waals surface area contributed by atoms with Crippen LogP contribution in [0.1, 0.15) is 11.1 Å². The number of aromatic nitrogens is 1.